The lowest BCUT2D eigenvalue weighted by atomic mass is 10.1. The van der Waals surface area contributed by atoms with Crippen LogP contribution in [0, 0.1) is 10.1 Å². The van der Waals surface area contributed by atoms with E-state index in [9.17, 15) is 20.0 Å². The summed E-state index contributed by atoms with van der Waals surface area (Å²) in [7, 11) is 0. The molecule has 2 atom stereocenters. The fourth-order valence-corrected chi connectivity index (χ4v) is 3.85. The third kappa shape index (κ3) is 3.42. The van der Waals surface area contributed by atoms with E-state index >= 15 is 0 Å². The van der Waals surface area contributed by atoms with Gasteiger partial charge in [0.2, 0.25) is 5.91 Å². The molecule has 1 N–H and O–H groups in total. The van der Waals surface area contributed by atoms with Crippen molar-refractivity contribution in [2.24, 2.45) is 0 Å². The lowest BCUT2D eigenvalue weighted by Crippen LogP contribution is -2.32. The Morgan fingerprint density at radius 3 is 2.50 bits per heavy atom. The molecule has 0 saturated carbocycles. The van der Waals surface area contributed by atoms with Gasteiger partial charge >= 0.3 is 0 Å². The van der Waals surface area contributed by atoms with Gasteiger partial charge in [-0.15, -0.1) is 11.8 Å². The van der Waals surface area contributed by atoms with Crippen LogP contribution in [0.15, 0.2) is 54.6 Å². The molecule has 1 saturated heterocycles. The van der Waals surface area contributed by atoms with Gasteiger partial charge in [0.1, 0.15) is 5.37 Å². The van der Waals surface area contributed by atoms with E-state index in [1.54, 1.807) is 4.90 Å². The Labute approximate surface area is 143 Å². The van der Waals surface area contributed by atoms with Crippen LogP contribution in [-0.4, -0.2) is 33.1 Å². The Hall–Kier alpha value is -2.38. The van der Waals surface area contributed by atoms with Crippen LogP contribution in [0.4, 0.5) is 5.69 Å². The number of aliphatic hydroxyl groups excluding tert-OH is 1. The van der Waals surface area contributed by atoms with Crippen LogP contribution in [0.5, 0.6) is 0 Å². The van der Waals surface area contributed by atoms with Crippen molar-refractivity contribution in [3.8, 4) is 0 Å². The molecular weight excluding hydrogens is 328 g/mol. The first kappa shape index (κ1) is 16.5. The van der Waals surface area contributed by atoms with Gasteiger partial charge in [-0.1, -0.05) is 30.3 Å². The molecule has 1 aliphatic heterocycles. The van der Waals surface area contributed by atoms with Crippen molar-refractivity contribution in [1.29, 1.82) is 0 Å². The summed E-state index contributed by atoms with van der Waals surface area (Å²) in [5, 5.41) is 21.0. The molecule has 1 aliphatic rings. The number of benzene rings is 2. The molecule has 6 nitrogen and oxygen atoms in total. The van der Waals surface area contributed by atoms with Crippen LogP contribution in [0.2, 0.25) is 0 Å². The average molecular weight is 344 g/mol. The quantitative estimate of drug-likeness (QED) is 0.666. The normalized spacial score (nSPS) is 18.6. The van der Waals surface area contributed by atoms with Crippen molar-refractivity contribution in [1.82, 2.24) is 4.90 Å². The number of carbonyl (C=O) groups excluding carboxylic acids is 1. The van der Waals surface area contributed by atoms with Crippen molar-refractivity contribution in [3.05, 3.63) is 75.8 Å². The molecule has 0 aliphatic carbocycles. The van der Waals surface area contributed by atoms with E-state index < -0.39 is 11.0 Å². The van der Waals surface area contributed by atoms with E-state index in [2.05, 4.69) is 0 Å². The first-order valence-corrected chi connectivity index (χ1v) is 8.49. The summed E-state index contributed by atoms with van der Waals surface area (Å²) in [5.74, 6) is 0.363. The number of nitro benzene ring substituents is 1. The highest BCUT2D eigenvalue weighted by Gasteiger charge is 2.34. The number of nitro groups is 1. The van der Waals surface area contributed by atoms with Gasteiger partial charge in [-0.3, -0.25) is 14.9 Å². The van der Waals surface area contributed by atoms with Gasteiger partial charge < -0.3 is 10.0 Å². The van der Waals surface area contributed by atoms with Crippen LogP contribution in [0.3, 0.4) is 0 Å². The molecule has 3 rings (SSSR count). The molecule has 0 aromatic heterocycles. The summed E-state index contributed by atoms with van der Waals surface area (Å²) in [5.41, 5.74) is 1.54. The minimum absolute atomic E-state index is 0.0187. The molecule has 0 radical (unpaired) electrons. The molecule has 2 aromatic rings. The van der Waals surface area contributed by atoms with Crippen molar-refractivity contribution < 1.29 is 14.8 Å². The number of hydrogen-bond acceptors (Lipinski definition) is 5. The lowest BCUT2D eigenvalue weighted by Gasteiger charge is -2.26. The SMILES string of the molecule is O=C1CS[C@@H](c2ccccc2)N1C[C@@H](O)c1ccc([N+](=O)[O-])cc1. The number of carbonyl (C=O) groups is 1. The second kappa shape index (κ2) is 7.02. The topological polar surface area (TPSA) is 83.7 Å². The second-order valence-corrected chi connectivity index (χ2v) is 6.55. The monoisotopic (exact) mass is 344 g/mol. The highest BCUT2D eigenvalue weighted by atomic mass is 32.2. The van der Waals surface area contributed by atoms with Crippen molar-refractivity contribution in [3.63, 3.8) is 0 Å². The Bertz CT molecular complexity index is 736. The molecule has 1 heterocycles. The number of aliphatic hydroxyl groups is 1. The molecule has 0 bridgehead atoms. The minimum atomic E-state index is -0.889. The third-order valence-electron chi connectivity index (χ3n) is 3.91. The number of β-amino-alcohol motifs (C(OH)–C–C–N with tert-alkyl or cyclic N) is 1. The van der Waals surface area contributed by atoms with Crippen LogP contribution < -0.4 is 0 Å². The minimum Gasteiger partial charge on any atom is -0.387 e. The lowest BCUT2D eigenvalue weighted by molar-refractivity contribution is -0.384. The molecule has 24 heavy (non-hydrogen) atoms. The van der Waals surface area contributed by atoms with Gasteiger partial charge in [-0.25, -0.2) is 0 Å². The summed E-state index contributed by atoms with van der Waals surface area (Å²) in [4.78, 5) is 24.0. The predicted molar refractivity (Wildman–Crippen MR) is 91.4 cm³/mol. The number of rotatable bonds is 5. The van der Waals surface area contributed by atoms with E-state index in [4.69, 9.17) is 0 Å². The third-order valence-corrected chi connectivity index (χ3v) is 5.17. The van der Waals surface area contributed by atoms with Crippen molar-refractivity contribution in [2.75, 3.05) is 12.3 Å². The van der Waals surface area contributed by atoms with Crippen LogP contribution in [-0.2, 0) is 4.79 Å². The van der Waals surface area contributed by atoms with Gasteiger partial charge in [-0.2, -0.15) is 0 Å². The molecule has 2 aromatic carbocycles. The van der Waals surface area contributed by atoms with Crippen LogP contribution in [0.25, 0.3) is 0 Å². The molecule has 7 heteroatoms. The summed E-state index contributed by atoms with van der Waals surface area (Å²) < 4.78 is 0. The number of nitrogens with zero attached hydrogens (tertiary/aromatic N) is 2. The first-order chi connectivity index (χ1) is 11.6. The first-order valence-electron chi connectivity index (χ1n) is 7.44. The number of hydrogen-bond donors (Lipinski definition) is 1. The van der Waals surface area contributed by atoms with E-state index in [1.165, 1.54) is 36.0 Å². The maximum Gasteiger partial charge on any atom is 0.269 e. The zero-order valence-corrected chi connectivity index (χ0v) is 13.6. The summed E-state index contributed by atoms with van der Waals surface area (Å²) in [6.45, 7) is 0.156. The average Bonchev–Trinajstić information content (AvgIpc) is 2.96. The molecule has 0 unspecified atom stereocenters. The highest BCUT2D eigenvalue weighted by molar-refractivity contribution is 8.00. The smallest absolute Gasteiger partial charge is 0.269 e. The van der Waals surface area contributed by atoms with E-state index in [0.717, 1.165) is 5.56 Å². The van der Waals surface area contributed by atoms with Crippen LogP contribution in [0.1, 0.15) is 22.6 Å². The number of thioether (sulfide) groups is 1. The van der Waals surface area contributed by atoms with Gasteiger partial charge in [0.25, 0.3) is 5.69 Å². The molecule has 124 valence electrons. The largest absolute Gasteiger partial charge is 0.387 e. The van der Waals surface area contributed by atoms with Gasteiger partial charge in [0, 0.05) is 12.1 Å². The zero-order valence-electron chi connectivity index (χ0n) is 12.7. The Morgan fingerprint density at radius 2 is 1.88 bits per heavy atom. The van der Waals surface area contributed by atoms with Crippen molar-refractivity contribution >= 4 is 23.4 Å². The highest BCUT2D eigenvalue weighted by Crippen LogP contribution is 2.39. The maximum absolute atomic E-state index is 12.2. The fourth-order valence-electron chi connectivity index (χ4n) is 2.66. The molecular formula is C17H16N2O4S. The van der Waals surface area contributed by atoms with E-state index in [1.807, 2.05) is 30.3 Å². The van der Waals surface area contributed by atoms with Crippen molar-refractivity contribution in [2.45, 2.75) is 11.5 Å². The van der Waals surface area contributed by atoms with E-state index in [0.29, 0.717) is 11.3 Å². The summed E-state index contributed by atoms with van der Waals surface area (Å²) in [6.07, 6.45) is -0.889. The van der Waals surface area contributed by atoms with Gasteiger partial charge in [0.05, 0.1) is 23.3 Å². The fraction of sp³-hybridized carbons (Fsp3) is 0.235. The van der Waals surface area contributed by atoms with Crippen LogP contribution >= 0.6 is 11.8 Å². The number of amides is 1. The molecule has 0 spiro atoms. The Balaban J connectivity index is 1.75. The summed E-state index contributed by atoms with van der Waals surface area (Å²) >= 11 is 1.53. The predicted octanol–water partition coefficient (Wildman–Crippen LogP) is 2.90. The Morgan fingerprint density at radius 1 is 1.21 bits per heavy atom. The standard InChI is InChI=1S/C17H16N2O4S/c20-15(12-6-8-14(9-7-12)19(22)23)10-18-16(21)11-24-17(18)13-4-2-1-3-5-13/h1-9,15,17,20H,10-11H2/t15-,17+/m1/s1. The van der Waals surface area contributed by atoms with Gasteiger partial charge in [-0.05, 0) is 23.3 Å². The zero-order chi connectivity index (χ0) is 17.1. The second-order valence-electron chi connectivity index (χ2n) is 5.48. The maximum atomic E-state index is 12.2. The Kier molecular flexibility index (Phi) is 4.82. The van der Waals surface area contributed by atoms with E-state index in [-0.39, 0.29) is 23.5 Å². The summed E-state index contributed by atoms with van der Waals surface area (Å²) in [6, 6.07) is 15.4. The molecule has 1 fully saturated rings. The number of non-ortho nitro benzene ring substituents is 1. The molecule has 1 amide bonds. The van der Waals surface area contributed by atoms with Gasteiger partial charge in [0.15, 0.2) is 0 Å².